The number of hydrogen-bond acceptors (Lipinski definition) is 4. The van der Waals surface area contributed by atoms with Gasteiger partial charge in [-0.3, -0.25) is 4.79 Å². The molecule has 0 spiro atoms. The summed E-state index contributed by atoms with van der Waals surface area (Å²) in [5.74, 6) is -1.55. The van der Waals surface area contributed by atoms with Crippen LogP contribution in [0.25, 0.3) is 0 Å². The van der Waals surface area contributed by atoms with Crippen molar-refractivity contribution in [2.24, 2.45) is 0 Å². The number of nitrogens with one attached hydrogen (secondary N) is 1. The third kappa shape index (κ3) is 3.41. The monoisotopic (exact) mass is 366 g/mol. The van der Waals surface area contributed by atoms with Crippen LogP contribution in [0.3, 0.4) is 0 Å². The maximum atomic E-state index is 12.8. The van der Waals surface area contributed by atoms with Crippen LogP contribution >= 0.6 is 0 Å². The number of benzene rings is 1. The van der Waals surface area contributed by atoms with Gasteiger partial charge in [-0.2, -0.15) is 4.31 Å². The summed E-state index contributed by atoms with van der Waals surface area (Å²) in [4.78, 5) is 23.5. The minimum Gasteiger partial charge on any atom is -0.480 e. The Morgan fingerprint density at radius 1 is 1.20 bits per heavy atom. The molecule has 1 saturated heterocycles. The van der Waals surface area contributed by atoms with E-state index in [2.05, 4.69) is 5.32 Å². The van der Waals surface area contributed by atoms with Gasteiger partial charge in [0.25, 0.3) is 5.91 Å². The number of piperidine rings is 1. The molecule has 3 rings (SSSR count). The summed E-state index contributed by atoms with van der Waals surface area (Å²) in [5.41, 5.74) is -0.913. The van der Waals surface area contributed by atoms with Gasteiger partial charge in [0.2, 0.25) is 10.0 Å². The van der Waals surface area contributed by atoms with Crippen LogP contribution in [0.5, 0.6) is 0 Å². The highest BCUT2D eigenvalue weighted by Gasteiger charge is 2.51. The smallest absolute Gasteiger partial charge is 0.329 e. The molecular formula is C17H22N2O5S. The van der Waals surface area contributed by atoms with Crippen molar-refractivity contribution < 1.29 is 23.1 Å². The first-order chi connectivity index (χ1) is 11.8. The van der Waals surface area contributed by atoms with E-state index in [0.717, 1.165) is 19.3 Å². The van der Waals surface area contributed by atoms with E-state index in [1.807, 2.05) is 6.92 Å². The fraction of sp³-hybridized carbons (Fsp3) is 0.529. The number of rotatable bonds is 5. The van der Waals surface area contributed by atoms with E-state index < -0.39 is 27.4 Å². The standard InChI is InChI=1S/C17H22N2O5S/c1-12-4-2-3-11-19(12)25(23,24)14-7-5-13(6-8-14)15(20)18-17(9-10-17)16(21)22/h5-8,12H,2-4,9-11H2,1H3,(H,18,20)(H,21,22)/t12-/m1/s1. The Bertz CT molecular complexity index is 784. The molecule has 2 N–H and O–H groups in total. The zero-order chi connectivity index (χ0) is 18.2. The molecule has 1 amide bonds. The average Bonchev–Trinajstić information content (AvgIpc) is 3.36. The van der Waals surface area contributed by atoms with Crippen molar-refractivity contribution in [2.45, 2.75) is 55.5 Å². The molecule has 1 aromatic rings. The molecule has 25 heavy (non-hydrogen) atoms. The van der Waals surface area contributed by atoms with E-state index in [0.29, 0.717) is 19.4 Å². The predicted octanol–water partition coefficient (Wildman–Crippen LogP) is 1.60. The molecule has 0 aromatic heterocycles. The molecule has 1 heterocycles. The zero-order valence-corrected chi connectivity index (χ0v) is 14.9. The van der Waals surface area contributed by atoms with E-state index >= 15 is 0 Å². The third-order valence-electron chi connectivity index (χ3n) is 4.98. The van der Waals surface area contributed by atoms with Crippen molar-refractivity contribution in [1.29, 1.82) is 0 Å². The van der Waals surface area contributed by atoms with Gasteiger partial charge in [0.15, 0.2) is 0 Å². The Morgan fingerprint density at radius 3 is 2.36 bits per heavy atom. The maximum Gasteiger partial charge on any atom is 0.329 e. The number of aliphatic carboxylic acids is 1. The molecular weight excluding hydrogens is 344 g/mol. The fourth-order valence-electron chi connectivity index (χ4n) is 3.15. The summed E-state index contributed by atoms with van der Waals surface area (Å²) < 4.78 is 27.0. The lowest BCUT2D eigenvalue weighted by molar-refractivity contribution is -0.140. The molecule has 8 heteroatoms. The molecule has 1 aliphatic carbocycles. The first kappa shape index (κ1) is 17.9. The quantitative estimate of drug-likeness (QED) is 0.824. The molecule has 0 unspecified atom stereocenters. The second-order valence-corrected chi connectivity index (χ2v) is 8.72. The lowest BCUT2D eigenvalue weighted by Crippen LogP contribution is -2.43. The van der Waals surface area contributed by atoms with Crippen molar-refractivity contribution in [3.05, 3.63) is 29.8 Å². The molecule has 2 fully saturated rings. The molecule has 0 radical (unpaired) electrons. The highest BCUT2D eigenvalue weighted by atomic mass is 32.2. The number of sulfonamides is 1. The van der Waals surface area contributed by atoms with Crippen LogP contribution in [0.1, 0.15) is 49.4 Å². The number of carboxylic acids is 1. The minimum atomic E-state index is -3.58. The fourth-order valence-corrected chi connectivity index (χ4v) is 4.85. The topological polar surface area (TPSA) is 104 Å². The number of nitrogens with zero attached hydrogens (tertiary/aromatic N) is 1. The Labute approximate surface area is 147 Å². The summed E-state index contributed by atoms with van der Waals surface area (Å²) >= 11 is 0. The highest BCUT2D eigenvalue weighted by Crippen LogP contribution is 2.35. The number of carbonyl (C=O) groups excluding carboxylic acids is 1. The van der Waals surface area contributed by atoms with Gasteiger partial charge in [0.1, 0.15) is 5.54 Å². The van der Waals surface area contributed by atoms with Gasteiger partial charge in [0.05, 0.1) is 4.90 Å². The number of amides is 1. The minimum absolute atomic E-state index is 0.0352. The van der Waals surface area contributed by atoms with Crippen LogP contribution in [-0.4, -0.2) is 47.8 Å². The van der Waals surface area contributed by atoms with Crippen molar-refractivity contribution in [3.8, 4) is 0 Å². The third-order valence-corrected chi connectivity index (χ3v) is 7.01. The van der Waals surface area contributed by atoms with Crippen LogP contribution in [0, 0.1) is 0 Å². The number of carbonyl (C=O) groups is 2. The molecule has 1 aliphatic heterocycles. The van der Waals surface area contributed by atoms with Gasteiger partial charge >= 0.3 is 5.97 Å². The van der Waals surface area contributed by atoms with Crippen LogP contribution in [-0.2, 0) is 14.8 Å². The molecule has 1 saturated carbocycles. The van der Waals surface area contributed by atoms with Crippen LogP contribution in [0.15, 0.2) is 29.2 Å². The Hall–Kier alpha value is -1.93. The first-order valence-electron chi connectivity index (χ1n) is 8.44. The summed E-state index contributed by atoms with van der Waals surface area (Å²) in [5, 5.41) is 11.6. The van der Waals surface area contributed by atoms with Gasteiger partial charge in [-0.05, 0) is 56.9 Å². The Morgan fingerprint density at radius 2 is 1.84 bits per heavy atom. The number of hydrogen-bond donors (Lipinski definition) is 2. The SMILES string of the molecule is C[C@@H]1CCCCN1S(=O)(=O)c1ccc(C(=O)NC2(C(=O)O)CC2)cc1. The molecule has 7 nitrogen and oxygen atoms in total. The molecule has 1 atom stereocenters. The highest BCUT2D eigenvalue weighted by molar-refractivity contribution is 7.89. The van der Waals surface area contributed by atoms with Crippen LogP contribution < -0.4 is 5.32 Å². The lowest BCUT2D eigenvalue weighted by atomic mass is 10.1. The second-order valence-electron chi connectivity index (χ2n) is 6.83. The van der Waals surface area contributed by atoms with Gasteiger partial charge in [-0.25, -0.2) is 13.2 Å². The van der Waals surface area contributed by atoms with E-state index in [4.69, 9.17) is 5.11 Å². The van der Waals surface area contributed by atoms with Crippen molar-refractivity contribution >= 4 is 21.9 Å². The number of carboxylic acid groups (broad SMARTS) is 1. The van der Waals surface area contributed by atoms with E-state index in [9.17, 15) is 18.0 Å². The molecule has 2 aliphatic rings. The molecule has 1 aromatic carbocycles. The second kappa shape index (κ2) is 6.42. The van der Waals surface area contributed by atoms with Crippen molar-refractivity contribution in [2.75, 3.05) is 6.54 Å². The lowest BCUT2D eigenvalue weighted by Gasteiger charge is -2.32. The van der Waals surface area contributed by atoms with E-state index in [-0.39, 0.29) is 16.5 Å². The van der Waals surface area contributed by atoms with Gasteiger partial charge in [-0.15, -0.1) is 0 Å². The van der Waals surface area contributed by atoms with E-state index in [1.54, 1.807) is 0 Å². The van der Waals surface area contributed by atoms with Crippen LogP contribution in [0.2, 0.25) is 0 Å². The van der Waals surface area contributed by atoms with E-state index in [1.165, 1.54) is 28.6 Å². The maximum absolute atomic E-state index is 12.8. The van der Waals surface area contributed by atoms with Crippen molar-refractivity contribution in [3.63, 3.8) is 0 Å². The van der Waals surface area contributed by atoms with Crippen molar-refractivity contribution in [1.82, 2.24) is 9.62 Å². The summed E-state index contributed by atoms with van der Waals surface area (Å²) in [6.45, 7) is 2.41. The van der Waals surface area contributed by atoms with Gasteiger partial charge in [0, 0.05) is 18.2 Å². The molecule has 0 bridgehead atoms. The Kier molecular flexibility index (Phi) is 4.59. The van der Waals surface area contributed by atoms with Gasteiger partial charge < -0.3 is 10.4 Å². The summed E-state index contributed by atoms with van der Waals surface area (Å²) in [7, 11) is -3.58. The van der Waals surface area contributed by atoms with Gasteiger partial charge in [-0.1, -0.05) is 6.42 Å². The zero-order valence-electron chi connectivity index (χ0n) is 14.1. The predicted molar refractivity (Wildman–Crippen MR) is 90.7 cm³/mol. The first-order valence-corrected chi connectivity index (χ1v) is 9.88. The summed E-state index contributed by atoms with van der Waals surface area (Å²) in [6.07, 6.45) is 3.54. The molecule has 136 valence electrons. The Balaban J connectivity index is 1.75. The van der Waals surface area contributed by atoms with Crippen LogP contribution in [0.4, 0.5) is 0 Å². The normalized spacial score (nSPS) is 23.0. The summed E-state index contributed by atoms with van der Waals surface area (Å²) in [6, 6.07) is 5.63. The largest absolute Gasteiger partial charge is 0.480 e. The average molecular weight is 366 g/mol.